The summed E-state index contributed by atoms with van der Waals surface area (Å²) in [5.41, 5.74) is 0.788. The second-order valence-corrected chi connectivity index (χ2v) is 8.73. The van der Waals surface area contributed by atoms with E-state index in [1.807, 2.05) is 11.8 Å². The fourth-order valence-electron chi connectivity index (χ4n) is 3.38. The summed E-state index contributed by atoms with van der Waals surface area (Å²) in [4.78, 5) is 16.5. The summed E-state index contributed by atoms with van der Waals surface area (Å²) in [6, 6.07) is 11.0. The average molecular weight is 436 g/mol. The lowest BCUT2D eigenvalue weighted by Gasteiger charge is -2.36. The summed E-state index contributed by atoms with van der Waals surface area (Å²) < 4.78 is 46.9. The normalized spacial score (nSPS) is 14.6. The zero-order chi connectivity index (χ0) is 21.7. The summed E-state index contributed by atoms with van der Waals surface area (Å²) in [7, 11) is -2.41. The van der Waals surface area contributed by atoms with Gasteiger partial charge in [-0.3, -0.25) is 4.79 Å². The van der Waals surface area contributed by atoms with E-state index in [-0.39, 0.29) is 27.9 Å². The molecule has 1 N–H and O–H groups in total. The number of hydrogen-bond donors (Lipinski definition) is 1. The first-order valence-electron chi connectivity index (χ1n) is 9.84. The van der Waals surface area contributed by atoms with Crippen molar-refractivity contribution in [2.75, 3.05) is 44.7 Å². The summed E-state index contributed by atoms with van der Waals surface area (Å²) >= 11 is 0. The Morgan fingerprint density at radius 2 is 1.83 bits per heavy atom. The molecule has 1 heterocycles. The minimum Gasteiger partial charge on any atom is -0.495 e. The van der Waals surface area contributed by atoms with Crippen LogP contribution in [0.3, 0.4) is 0 Å². The van der Waals surface area contributed by atoms with E-state index in [0.29, 0.717) is 44.8 Å². The topological polar surface area (TPSA) is 79.0 Å². The zero-order valence-electron chi connectivity index (χ0n) is 17.1. The number of amides is 1. The second-order valence-electron chi connectivity index (χ2n) is 6.99. The van der Waals surface area contributed by atoms with Crippen LogP contribution in [0, 0.1) is 5.82 Å². The highest BCUT2D eigenvalue weighted by Crippen LogP contribution is 2.26. The molecule has 9 heteroatoms. The SMILES string of the molecule is CCCNS(=O)(=O)c1cc(C(=O)N2CCN(c3ccccc3F)CC2)ccc1OC. The first kappa shape index (κ1) is 22.0. The lowest BCUT2D eigenvalue weighted by atomic mass is 10.1. The lowest BCUT2D eigenvalue weighted by Crippen LogP contribution is -2.49. The molecule has 2 aromatic carbocycles. The zero-order valence-corrected chi connectivity index (χ0v) is 17.9. The molecule has 7 nitrogen and oxygen atoms in total. The van der Waals surface area contributed by atoms with Gasteiger partial charge >= 0.3 is 0 Å². The van der Waals surface area contributed by atoms with E-state index in [2.05, 4.69) is 4.72 Å². The van der Waals surface area contributed by atoms with Gasteiger partial charge in [-0.25, -0.2) is 17.5 Å². The molecule has 1 fully saturated rings. The Kier molecular flexibility index (Phi) is 6.94. The number of nitrogens with zero attached hydrogens (tertiary/aromatic N) is 2. The van der Waals surface area contributed by atoms with Gasteiger partial charge in [-0.1, -0.05) is 19.1 Å². The highest BCUT2D eigenvalue weighted by molar-refractivity contribution is 7.89. The van der Waals surface area contributed by atoms with Crippen LogP contribution < -0.4 is 14.4 Å². The molecule has 0 radical (unpaired) electrons. The molecule has 30 heavy (non-hydrogen) atoms. The van der Waals surface area contributed by atoms with E-state index in [1.54, 1.807) is 29.2 Å². The van der Waals surface area contributed by atoms with E-state index >= 15 is 0 Å². The minimum absolute atomic E-state index is 0.0608. The van der Waals surface area contributed by atoms with Crippen molar-refractivity contribution in [1.82, 2.24) is 9.62 Å². The Bertz CT molecular complexity index is 1010. The van der Waals surface area contributed by atoms with Gasteiger partial charge in [-0.2, -0.15) is 0 Å². The van der Waals surface area contributed by atoms with Gasteiger partial charge in [0.05, 0.1) is 12.8 Å². The number of hydrogen-bond acceptors (Lipinski definition) is 5. The molecular weight excluding hydrogens is 409 g/mol. The molecule has 1 aliphatic heterocycles. The van der Waals surface area contributed by atoms with Gasteiger partial charge in [0.1, 0.15) is 16.5 Å². The van der Waals surface area contributed by atoms with Gasteiger partial charge in [0.2, 0.25) is 10.0 Å². The van der Waals surface area contributed by atoms with Crippen molar-refractivity contribution in [3.05, 3.63) is 53.8 Å². The van der Waals surface area contributed by atoms with Gasteiger partial charge in [0.15, 0.2) is 0 Å². The predicted molar refractivity (Wildman–Crippen MR) is 113 cm³/mol. The number of halogens is 1. The quantitative estimate of drug-likeness (QED) is 0.723. The summed E-state index contributed by atoms with van der Waals surface area (Å²) in [5.74, 6) is -0.376. The van der Waals surface area contributed by atoms with Crippen molar-refractivity contribution in [3.63, 3.8) is 0 Å². The van der Waals surface area contributed by atoms with Crippen LogP contribution in [-0.4, -0.2) is 59.1 Å². The summed E-state index contributed by atoms with van der Waals surface area (Å²) in [5, 5.41) is 0. The van der Waals surface area contributed by atoms with Gasteiger partial charge in [-0.05, 0) is 36.8 Å². The fourth-order valence-corrected chi connectivity index (χ4v) is 4.70. The minimum atomic E-state index is -3.80. The molecule has 162 valence electrons. The molecule has 1 saturated heterocycles. The van der Waals surface area contributed by atoms with Crippen molar-refractivity contribution in [3.8, 4) is 5.75 Å². The summed E-state index contributed by atoms with van der Waals surface area (Å²) in [6.07, 6.45) is 0.645. The molecule has 0 atom stereocenters. The Morgan fingerprint density at radius 3 is 2.47 bits per heavy atom. The third-order valence-electron chi connectivity index (χ3n) is 5.00. The maximum atomic E-state index is 14.0. The van der Waals surface area contributed by atoms with Gasteiger partial charge in [0.25, 0.3) is 5.91 Å². The number of nitrogens with one attached hydrogen (secondary N) is 1. The van der Waals surface area contributed by atoms with E-state index in [9.17, 15) is 17.6 Å². The standard InChI is InChI=1S/C21H26FN3O4S/c1-3-10-23-30(27,28)20-15-16(8-9-19(20)29-2)21(26)25-13-11-24(12-14-25)18-7-5-4-6-17(18)22/h4-9,15,23H,3,10-14H2,1-2H3. The third-order valence-corrected chi connectivity index (χ3v) is 6.48. The van der Waals surface area contributed by atoms with Crippen molar-refractivity contribution in [2.24, 2.45) is 0 Å². The van der Waals surface area contributed by atoms with Crippen LogP contribution in [0.4, 0.5) is 10.1 Å². The van der Waals surface area contributed by atoms with Gasteiger partial charge in [-0.15, -0.1) is 0 Å². The van der Waals surface area contributed by atoms with Crippen molar-refractivity contribution >= 4 is 21.6 Å². The summed E-state index contributed by atoms with van der Waals surface area (Å²) in [6.45, 7) is 3.96. The molecule has 1 aliphatic rings. The number of carbonyl (C=O) groups is 1. The number of methoxy groups -OCH3 is 1. The monoisotopic (exact) mass is 435 g/mol. The molecule has 2 aromatic rings. The molecule has 1 amide bonds. The number of rotatable bonds is 7. The Morgan fingerprint density at radius 1 is 1.13 bits per heavy atom. The third kappa shape index (κ3) is 4.73. The van der Waals surface area contributed by atoms with Crippen molar-refractivity contribution in [2.45, 2.75) is 18.2 Å². The van der Waals surface area contributed by atoms with E-state index in [4.69, 9.17) is 4.74 Å². The molecule has 0 saturated carbocycles. The number of piperazine rings is 1. The average Bonchev–Trinajstić information content (AvgIpc) is 2.77. The number of ether oxygens (including phenoxy) is 1. The van der Waals surface area contributed by atoms with Gasteiger partial charge < -0.3 is 14.5 Å². The maximum Gasteiger partial charge on any atom is 0.254 e. The number of carbonyl (C=O) groups excluding carboxylic acids is 1. The molecule has 0 unspecified atom stereocenters. The second kappa shape index (κ2) is 9.44. The van der Waals surface area contributed by atoms with Crippen LogP contribution in [-0.2, 0) is 10.0 Å². The van der Waals surface area contributed by atoms with Crippen LogP contribution in [0.5, 0.6) is 5.75 Å². The Hall–Kier alpha value is -2.65. The van der Waals surface area contributed by atoms with Crippen LogP contribution in [0.15, 0.2) is 47.4 Å². The van der Waals surface area contributed by atoms with Crippen molar-refractivity contribution < 1.29 is 22.3 Å². The Labute approximate surface area is 176 Å². The molecule has 0 aliphatic carbocycles. The van der Waals surface area contributed by atoms with E-state index in [1.165, 1.54) is 25.3 Å². The van der Waals surface area contributed by atoms with Crippen LogP contribution in [0.25, 0.3) is 0 Å². The molecular formula is C21H26FN3O4S. The molecule has 0 spiro atoms. The largest absolute Gasteiger partial charge is 0.495 e. The number of benzene rings is 2. The molecule has 0 bridgehead atoms. The fraction of sp³-hybridized carbons (Fsp3) is 0.381. The van der Waals surface area contributed by atoms with Crippen LogP contribution >= 0.6 is 0 Å². The van der Waals surface area contributed by atoms with E-state index in [0.717, 1.165) is 0 Å². The Balaban J connectivity index is 1.76. The van der Waals surface area contributed by atoms with E-state index < -0.39 is 10.0 Å². The van der Waals surface area contributed by atoms with Crippen LogP contribution in [0.2, 0.25) is 0 Å². The molecule has 3 rings (SSSR count). The number of para-hydroxylation sites is 1. The smallest absolute Gasteiger partial charge is 0.254 e. The molecule has 0 aromatic heterocycles. The number of sulfonamides is 1. The van der Waals surface area contributed by atoms with Crippen LogP contribution in [0.1, 0.15) is 23.7 Å². The highest BCUT2D eigenvalue weighted by atomic mass is 32.2. The highest BCUT2D eigenvalue weighted by Gasteiger charge is 2.26. The first-order chi connectivity index (χ1) is 14.4. The lowest BCUT2D eigenvalue weighted by molar-refractivity contribution is 0.0746. The maximum absolute atomic E-state index is 14.0. The predicted octanol–water partition coefficient (Wildman–Crippen LogP) is 2.49. The first-order valence-corrected chi connectivity index (χ1v) is 11.3. The van der Waals surface area contributed by atoms with Gasteiger partial charge in [0, 0.05) is 38.3 Å². The van der Waals surface area contributed by atoms with Crippen molar-refractivity contribution in [1.29, 1.82) is 0 Å². The number of anilines is 1.